The zero-order valence-corrected chi connectivity index (χ0v) is 52.2. The highest BCUT2D eigenvalue weighted by Crippen LogP contribution is 2.43. The summed E-state index contributed by atoms with van der Waals surface area (Å²) in [6.07, 6.45) is 85.5. The van der Waals surface area contributed by atoms with E-state index < -0.39 is 26.5 Å². The van der Waals surface area contributed by atoms with Crippen LogP contribution in [-0.2, 0) is 32.7 Å². The van der Waals surface area contributed by atoms with Crippen molar-refractivity contribution in [3.63, 3.8) is 0 Å². The molecule has 0 aromatic carbocycles. The van der Waals surface area contributed by atoms with Gasteiger partial charge in [-0.3, -0.25) is 18.6 Å². The van der Waals surface area contributed by atoms with Gasteiger partial charge in [0, 0.05) is 19.4 Å². The van der Waals surface area contributed by atoms with Crippen molar-refractivity contribution in [3.8, 4) is 0 Å². The maximum absolute atomic E-state index is 12.7. The summed E-state index contributed by atoms with van der Waals surface area (Å²) in [5.41, 5.74) is 5.38. The summed E-state index contributed by atoms with van der Waals surface area (Å²) in [4.78, 5) is 35.2. The molecule has 0 saturated heterocycles. The zero-order valence-electron chi connectivity index (χ0n) is 51.3. The third-order valence-corrected chi connectivity index (χ3v) is 15.2. The number of unbranched alkanes of at least 4 members (excludes halogenated alkanes) is 35. The summed E-state index contributed by atoms with van der Waals surface area (Å²) in [6, 6.07) is 0. The molecule has 0 saturated carbocycles. The first-order chi connectivity index (χ1) is 38.8. The van der Waals surface area contributed by atoms with Crippen LogP contribution in [0.3, 0.4) is 0 Å². The summed E-state index contributed by atoms with van der Waals surface area (Å²) in [7, 11) is -4.40. The molecule has 0 aliphatic rings. The highest BCUT2D eigenvalue weighted by atomic mass is 31.2. The fourth-order valence-electron chi connectivity index (χ4n) is 9.40. The van der Waals surface area contributed by atoms with Gasteiger partial charge in [-0.2, -0.15) is 0 Å². The van der Waals surface area contributed by atoms with E-state index in [4.69, 9.17) is 24.3 Å². The number of carbonyl (C=O) groups is 2. The molecule has 0 radical (unpaired) electrons. The summed E-state index contributed by atoms with van der Waals surface area (Å²) in [5, 5.41) is 0. The minimum atomic E-state index is -4.40. The Morgan fingerprint density at radius 3 is 1.04 bits per heavy atom. The Morgan fingerprint density at radius 2 is 0.696 bits per heavy atom. The van der Waals surface area contributed by atoms with E-state index in [-0.39, 0.29) is 38.6 Å². The Labute approximate surface area is 487 Å². The number of carbonyl (C=O) groups excluding carboxylic acids is 2. The third kappa shape index (κ3) is 64.2. The van der Waals surface area contributed by atoms with Crippen molar-refractivity contribution in [2.45, 2.75) is 315 Å². The molecule has 3 N–H and O–H groups in total. The summed E-state index contributed by atoms with van der Waals surface area (Å²) in [5.74, 6) is -0.848. The second kappa shape index (κ2) is 64.4. The van der Waals surface area contributed by atoms with Gasteiger partial charge in [0.2, 0.25) is 0 Å². The van der Waals surface area contributed by atoms with Gasteiger partial charge in [0.15, 0.2) is 6.10 Å². The minimum Gasteiger partial charge on any atom is -0.462 e. The molecule has 79 heavy (non-hydrogen) atoms. The highest BCUT2D eigenvalue weighted by molar-refractivity contribution is 7.47. The highest BCUT2D eigenvalue weighted by Gasteiger charge is 2.26. The van der Waals surface area contributed by atoms with Crippen LogP contribution < -0.4 is 5.73 Å². The van der Waals surface area contributed by atoms with Crippen molar-refractivity contribution >= 4 is 19.8 Å². The average molecular weight is 1130 g/mol. The topological polar surface area (TPSA) is 134 Å². The van der Waals surface area contributed by atoms with Crippen LogP contribution in [0.2, 0.25) is 0 Å². The van der Waals surface area contributed by atoms with Gasteiger partial charge >= 0.3 is 19.8 Å². The molecule has 2 atom stereocenters. The molecule has 0 bridgehead atoms. The number of allylic oxidation sites excluding steroid dienone is 14. The molecule has 0 aromatic heterocycles. The van der Waals surface area contributed by atoms with Crippen molar-refractivity contribution in [3.05, 3.63) is 85.1 Å². The predicted molar refractivity (Wildman–Crippen MR) is 339 cm³/mol. The number of rotatable bonds is 62. The van der Waals surface area contributed by atoms with E-state index in [0.717, 1.165) is 83.5 Å². The predicted octanol–water partition coefficient (Wildman–Crippen LogP) is 21.4. The van der Waals surface area contributed by atoms with E-state index >= 15 is 0 Å². The lowest BCUT2D eigenvalue weighted by Crippen LogP contribution is -2.29. The molecule has 9 nitrogen and oxygen atoms in total. The fraction of sp³-hybridized carbons (Fsp3) is 0.768. The molecule has 0 aliphatic carbocycles. The Balaban J connectivity index is 3.76. The maximum atomic E-state index is 12.7. The van der Waals surface area contributed by atoms with Gasteiger partial charge in [0.25, 0.3) is 0 Å². The van der Waals surface area contributed by atoms with E-state index in [1.807, 2.05) is 0 Å². The Morgan fingerprint density at radius 1 is 0.392 bits per heavy atom. The number of phosphoric ester groups is 1. The Bertz CT molecular complexity index is 1570. The largest absolute Gasteiger partial charge is 0.472 e. The number of phosphoric acid groups is 1. The fourth-order valence-corrected chi connectivity index (χ4v) is 10.2. The molecule has 0 fully saturated rings. The molecule has 2 unspecified atom stereocenters. The van der Waals surface area contributed by atoms with Gasteiger partial charge in [0.1, 0.15) is 6.61 Å². The number of esters is 2. The smallest absolute Gasteiger partial charge is 0.462 e. The molecule has 0 rings (SSSR count). The van der Waals surface area contributed by atoms with Crippen molar-refractivity contribution in [1.82, 2.24) is 0 Å². The van der Waals surface area contributed by atoms with Gasteiger partial charge < -0.3 is 20.1 Å². The van der Waals surface area contributed by atoms with Gasteiger partial charge in [-0.05, 0) is 89.9 Å². The third-order valence-electron chi connectivity index (χ3n) is 14.3. The first-order valence-corrected chi connectivity index (χ1v) is 34.6. The summed E-state index contributed by atoms with van der Waals surface area (Å²) in [6.45, 7) is 3.61. The quantitative estimate of drug-likeness (QED) is 0.0264. The lowest BCUT2D eigenvalue weighted by molar-refractivity contribution is -0.161. The standard InChI is InChI=1S/C69H124NO8P/c1-3-5-7-9-11-13-15-17-19-21-22-23-24-25-26-27-28-29-30-31-32-33-34-35-36-37-38-39-40-41-42-43-44-46-47-49-51-53-55-57-59-61-68(71)75-65-67(66-77-79(73,74)76-64-63-70)78-69(72)62-60-58-56-54-52-50-48-45-20-18-16-14-12-10-8-6-4-2/h6,8,12,14-15,17-18,20-22,24-25,48,50,67H,3-5,7,9-11,13,16,19,23,26-47,49,51-66,70H2,1-2H3,(H,73,74)/b8-6-,14-12-,17-15-,20-18-,22-21-,25-24-,50-48-. The lowest BCUT2D eigenvalue weighted by Gasteiger charge is -2.19. The molecule has 0 aromatic rings. The second-order valence-electron chi connectivity index (χ2n) is 22.0. The minimum absolute atomic E-state index is 0.0471. The van der Waals surface area contributed by atoms with Crippen LogP contribution in [0.15, 0.2) is 85.1 Å². The monoisotopic (exact) mass is 1130 g/mol. The number of hydrogen-bond donors (Lipinski definition) is 2. The molecule has 0 amide bonds. The average Bonchev–Trinajstić information content (AvgIpc) is 3.44. The molecular formula is C69H124NO8P. The number of hydrogen-bond acceptors (Lipinski definition) is 8. The van der Waals surface area contributed by atoms with Crippen LogP contribution in [0.1, 0.15) is 309 Å². The molecule has 0 heterocycles. The first kappa shape index (κ1) is 76.2. The summed E-state index contributed by atoms with van der Waals surface area (Å²) < 4.78 is 33.0. The SMILES string of the molecule is CC/C=C\C/C=C\C/C=C\C/C=C\CCCCCCC(=O)OC(COC(=O)CCCCCCCCCCCCCCCCCCCCCCCCCCCC/C=C\C/C=C\C/C=C\CCCCCCC)COP(=O)(O)OCCN. The van der Waals surface area contributed by atoms with Crippen molar-refractivity contribution in [2.75, 3.05) is 26.4 Å². The van der Waals surface area contributed by atoms with E-state index in [1.54, 1.807) is 0 Å². The van der Waals surface area contributed by atoms with Crippen LogP contribution in [0.5, 0.6) is 0 Å². The van der Waals surface area contributed by atoms with Crippen LogP contribution >= 0.6 is 7.82 Å². The lowest BCUT2D eigenvalue weighted by atomic mass is 10.0. The van der Waals surface area contributed by atoms with Crippen LogP contribution in [-0.4, -0.2) is 49.3 Å². The van der Waals surface area contributed by atoms with Crippen molar-refractivity contribution in [1.29, 1.82) is 0 Å². The van der Waals surface area contributed by atoms with Gasteiger partial charge in [-0.1, -0.05) is 292 Å². The van der Waals surface area contributed by atoms with Gasteiger partial charge in [0.05, 0.1) is 13.2 Å². The number of ether oxygens (including phenoxy) is 2. The second-order valence-corrected chi connectivity index (χ2v) is 23.4. The van der Waals surface area contributed by atoms with Crippen LogP contribution in [0.25, 0.3) is 0 Å². The van der Waals surface area contributed by atoms with Crippen LogP contribution in [0, 0.1) is 0 Å². The maximum Gasteiger partial charge on any atom is 0.472 e. The van der Waals surface area contributed by atoms with E-state index in [0.29, 0.717) is 6.42 Å². The first-order valence-electron chi connectivity index (χ1n) is 33.1. The normalized spacial score (nSPS) is 13.5. The molecule has 458 valence electrons. The van der Waals surface area contributed by atoms with Crippen molar-refractivity contribution in [2.24, 2.45) is 5.73 Å². The van der Waals surface area contributed by atoms with E-state index in [1.165, 1.54) is 193 Å². The van der Waals surface area contributed by atoms with E-state index in [9.17, 15) is 19.0 Å². The Hall–Kier alpha value is -2.81. The van der Waals surface area contributed by atoms with Crippen molar-refractivity contribution < 1.29 is 37.6 Å². The molecule has 0 aliphatic heterocycles. The van der Waals surface area contributed by atoms with Gasteiger partial charge in [-0.15, -0.1) is 0 Å². The van der Waals surface area contributed by atoms with Gasteiger partial charge in [-0.25, -0.2) is 4.57 Å². The molecule has 10 heteroatoms. The Kier molecular flexibility index (Phi) is 62.1. The van der Waals surface area contributed by atoms with Crippen LogP contribution in [0.4, 0.5) is 0 Å². The molecule has 0 spiro atoms. The summed E-state index contributed by atoms with van der Waals surface area (Å²) >= 11 is 0. The number of nitrogens with two attached hydrogens (primary N) is 1. The zero-order chi connectivity index (χ0) is 57.3. The van der Waals surface area contributed by atoms with E-state index in [2.05, 4.69) is 98.9 Å². The molecular weight excluding hydrogens is 1000 g/mol.